The molecule has 7 nitrogen and oxygen atoms in total. The van der Waals surface area contributed by atoms with Crippen molar-refractivity contribution in [1.82, 2.24) is 4.90 Å². The van der Waals surface area contributed by atoms with E-state index in [0.29, 0.717) is 32.8 Å². The number of likely N-dealkylation sites (tertiary alicyclic amines) is 1. The second-order valence-corrected chi connectivity index (χ2v) is 8.83. The minimum Gasteiger partial charge on any atom is -0.466 e. The number of hydrogen-bond acceptors (Lipinski definition) is 6. The molecule has 0 N–H and O–H groups in total. The molecule has 1 amide bonds. The molecule has 1 aliphatic heterocycles. The predicted molar refractivity (Wildman–Crippen MR) is 110 cm³/mol. The van der Waals surface area contributed by atoms with Crippen LogP contribution >= 0.6 is 0 Å². The summed E-state index contributed by atoms with van der Waals surface area (Å²) in [5.74, 6) is -0.115. The first-order valence-corrected chi connectivity index (χ1v) is 10.7. The molecule has 2 atom stereocenters. The highest BCUT2D eigenvalue weighted by Crippen LogP contribution is 2.29. The lowest BCUT2D eigenvalue weighted by atomic mass is 9.87. The number of ether oxygens (including phenoxy) is 4. The highest BCUT2D eigenvalue weighted by molar-refractivity contribution is 5.72. The van der Waals surface area contributed by atoms with E-state index >= 15 is 0 Å². The smallest absolute Gasteiger partial charge is 0.410 e. The van der Waals surface area contributed by atoms with Crippen LogP contribution in [0.15, 0.2) is 12.7 Å². The molecular weight excluding hydrogens is 374 g/mol. The Hall–Kier alpha value is -1.60. The summed E-state index contributed by atoms with van der Waals surface area (Å²) in [4.78, 5) is 26.3. The van der Waals surface area contributed by atoms with Crippen molar-refractivity contribution < 1.29 is 28.5 Å². The highest BCUT2D eigenvalue weighted by Gasteiger charge is 2.39. The van der Waals surface area contributed by atoms with E-state index in [9.17, 15) is 9.59 Å². The maximum atomic E-state index is 12.6. The molecule has 0 aromatic rings. The molecule has 7 heteroatoms. The van der Waals surface area contributed by atoms with Crippen LogP contribution in [0.4, 0.5) is 4.79 Å². The molecule has 166 valence electrons. The number of carbonyl (C=O) groups is 2. The molecule has 29 heavy (non-hydrogen) atoms. The van der Waals surface area contributed by atoms with Gasteiger partial charge in [0.15, 0.2) is 0 Å². The van der Waals surface area contributed by atoms with Crippen LogP contribution in [0.25, 0.3) is 0 Å². The highest BCUT2D eigenvalue weighted by atomic mass is 16.6. The van der Waals surface area contributed by atoms with Gasteiger partial charge in [-0.25, -0.2) is 4.79 Å². The number of esters is 1. The van der Waals surface area contributed by atoms with Crippen LogP contribution in [0.2, 0.25) is 0 Å². The van der Waals surface area contributed by atoms with Crippen LogP contribution in [0.5, 0.6) is 0 Å². The van der Waals surface area contributed by atoms with Gasteiger partial charge in [-0.15, -0.1) is 6.58 Å². The van der Waals surface area contributed by atoms with Crippen LogP contribution in [0.1, 0.15) is 59.8 Å². The van der Waals surface area contributed by atoms with Crippen LogP contribution in [-0.4, -0.2) is 67.2 Å². The third-order valence-corrected chi connectivity index (χ3v) is 5.27. The topological polar surface area (TPSA) is 74.3 Å². The van der Waals surface area contributed by atoms with Gasteiger partial charge in [0.2, 0.25) is 0 Å². The molecule has 2 fully saturated rings. The number of amides is 1. The Morgan fingerprint density at radius 1 is 1.10 bits per heavy atom. The largest absolute Gasteiger partial charge is 0.466 e. The molecule has 0 bridgehead atoms. The second-order valence-electron chi connectivity index (χ2n) is 8.83. The maximum absolute atomic E-state index is 12.6. The Balaban J connectivity index is 1.86. The summed E-state index contributed by atoms with van der Waals surface area (Å²) in [6.07, 6.45) is 5.39. The zero-order chi connectivity index (χ0) is 21.4. The summed E-state index contributed by atoms with van der Waals surface area (Å²) >= 11 is 0. The Bertz CT molecular complexity index is 550. The van der Waals surface area contributed by atoms with Gasteiger partial charge >= 0.3 is 12.1 Å². The maximum Gasteiger partial charge on any atom is 0.410 e. The van der Waals surface area contributed by atoms with Gasteiger partial charge < -0.3 is 23.8 Å². The monoisotopic (exact) mass is 411 g/mol. The van der Waals surface area contributed by atoms with Gasteiger partial charge in [0, 0.05) is 0 Å². The third-order valence-electron chi connectivity index (χ3n) is 5.27. The van der Waals surface area contributed by atoms with Crippen molar-refractivity contribution >= 4 is 12.1 Å². The van der Waals surface area contributed by atoms with Crippen molar-refractivity contribution in [3.63, 3.8) is 0 Å². The Morgan fingerprint density at radius 3 is 2.38 bits per heavy atom. The molecule has 1 aliphatic carbocycles. The van der Waals surface area contributed by atoms with Crippen LogP contribution in [0, 0.1) is 5.92 Å². The van der Waals surface area contributed by atoms with Gasteiger partial charge in [-0.2, -0.15) is 0 Å². The standard InChI is InChI=1S/C22H37NO6/c1-6-12-27-19-13-17(23(14-19)21(25)29-22(3,4)5)15-28-18-10-8-16(9-11-18)20(24)26-7-2/h6,16-19H,1,7-15H2,2-5H3/t16?,17-,18?,19-/m0/s1. The Morgan fingerprint density at radius 2 is 1.79 bits per heavy atom. The van der Waals surface area contributed by atoms with Crippen molar-refractivity contribution in [2.75, 3.05) is 26.4 Å². The molecule has 1 saturated heterocycles. The number of carbonyl (C=O) groups excluding carboxylic acids is 2. The molecule has 0 unspecified atom stereocenters. The summed E-state index contributed by atoms with van der Waals surface area (Å²) in [5.41, 5.74) is -0.548. The van der Waals surface area contributed by atoms with E-state index in [1.54, 1.807) is 11.0 Å². The van der Waals surface area contributed by atoms with E-state index < -0.39 is 5.60 Å². The van der Waals surface area contributed by atoms with Gasteiger partial charge in [0.1, 0.15) is 5.60 Å². The van der Waals surface area contributed by atoms with E-state index in [1.807, 2.05) is 27.7 Å². The Kier molecular flexibility index (Phi) is 8.96. The molecule has 0 aromatic heterocycles. The zero-order valence-corrected chi connectivity index (χ0v) is 18.4. The number of nitrogens with zero attached hydrogens (tertiary/aromatic N) is 1. The molecule has 0 aromatic carbocycles. The van der Waals surface area contributed by atoms with E-state index in [1.165, 1.54) is 0 Å². The van der Waals surface area contributed by atoms with Crippen LogP contribution in [-0.2, 0) is 23.7 Å². The van der Waals surface area contributed by atoms with Gasteiger partial charge in [0.05, 0.1) is 50.5 Å². The van der Waals surface area contributed by atoms with E-state index in [4.69, 9.17) is 18.9 Å². The summed E-state index contributed by atoms with van der Waals surface area (Å²) in [6.45, 7) is 12.9. The first-order valence-electron chi connectivity index (χ1n) is 10.7. The van der Waals surface area contributed by atoms with E-state index in [0.717, 1.165) is 25.7 Å². The van der Waals surface area contributed by atoms with Crippen molar-refractivity contribution in [2.45, 2.75) is 83.6 Å². The summed E-state index contributed by atoms with van der Waals surface area (Å²) in [7, 11) is 0. The normalized spacial score (nSPS) is 27.5. The minimum absolute atomic E-state index is 0.0174. The van der Waals surface area contributed by atoms with Crippen LogP contribution in [0.3, 0.4) is 0 Å². The Labute approximate surface area is 174 Å². The second kappa shape index (κ2) is 11.0. The predicted octanol–water partition coefficient (Wildman–Crippen LogP) is 3.71. The van der Waals surface area contributed by atoms with Crippen molar-refractivity contribution in [2.24, 2.45) is 5.92 Å². The molecule has 2 rings (SSSR count). The fraction of sp³-hybridized carbons (Fsp3) is 0.818. The lowest BCUT2D eigenvalue weighted by Gasteiger charge is -2.31. The third kappa shape index (κ3) is 7.63. The fourth-order valence-corrected chi connectivity index (χ4v) is 3.87. The van der Waals surface area contributed by atoms with Gasteiger partial charge in [-0.05, 0) is 59.8 Å². The average molecular weight is 412 g/mol. The summed E-state index contributed by atoms with van der Waals surface area (Å²) in [6, 6.07) is -0.0811. The summed E-state index contributed by atoms with van der Waals surface area (Å²) < 4.78 is 22.6. The SMILES string of the molecule is C=CCO[C@H]1C[C@@H](COC2CCC(C(=O)OCC)CC2)N(C(=O)OC(C)(C)C)C1. The van der Waals surface area contributed by atoms with E-state index in [-0.39, 0.29) is 36.2 Å². The minimum atomic E-state index is -0.548. The molecule has 0 radical (unpaired) electrons. The molecule has 0 spiro atoms. The lowest BCUT2D eigenvalue weighted by Crippen LogP contribution is -2.42. The fourth-order valence-electron chi connectivity index (χ4n) is 3.87. The summed E-state index contributed by atoms with van der Waals surface area (Å²) in [5, 5.41) is 0. The van der Waals surface area contributed by atoms with Crippen LogP contribution < -0.4 is 0 Å². The lowest BCUT2D eigenvalue weighted by molar-refractivity contribution is -0.150. The van der Waals surface area contributed by atoms with Crippen molar-refractivity contribution in [1.29, 1.82) is 0 Å². The quantitative estimate of drug-likeness (QED) is 0.448. The molecule has 2 aliphatic rings. The van der Waals surface area contributed by atoms with Crippen molar-refractivity contribution in [3.8, 4) is 0 Å². The van der Waals surface area contributed by atoms with Gasteiger partial charge in [0.25, 0.3) is 0 Å². The van der Waals surface area contributed by atoms with Gasteiger partial charge in [-0.3, -0.25) is 4.79 Å². The van der Waals surface area contributed by atoms with Crippen molar-refractivity contribution in [3.05, 3.63) is 12.7 Å². The molecule has 1 heterocycles. The zero-order valence-electron chi connectivity index (χ0n) is 18.4. The molecule has 1 saturated carbocycles. The average Bonchev–Trinajstić information content (AvgIpc) is 3.07. The molecular formula is C22H37NO6. The first kappa shape index (κ1) is 23.7. The van der Waals surface area contributed by atoms with E-state index in [2.05, 4.69) is 6.58 Å². The number of hydrogen-bond donors (Lipinski definition) is 0. The van der Waals surface area contributed by atoms with Gasteiger partial charge in [-0.1, -0.05) is 6.08 Å². The first-order chi connectivity index (χ1) is 13.7. The number of rotatable bonds is 8.